The van der Waals surface area contributed by atoms with Crippen molar-refractivity contribution in [3.63, 3.8) is 0 Å². The molecule has 33 heavy (non-hydrogen) atoms. The lowest BCUT2D eigenvalue weighted by atomic mass is 9.61. The second-order valence-corrected chi connectivity index (χ2v) is 9.87. The summed E-state index contributed by atoms with van der Waals surface area (Å²) in [5.74, 6) is 2.57. The standard InChI is InChI=1S/C28H35N3O2/c1-31(16-7-12-26-29-24-10-6-11-25(33-2)27(24)30-26)17-15-28(32)19-21-13-14-22(28)18-23(21)20-8-4-3-5-9-20/h3-6,8-11,18,21-22,32H,7,12-17,19H2,1-2H3,(H,29,30)/t21-,22-,28+/m0/s1. The van der Waals surface area contributed by atoms with Gasteiger partial charge in [-0.3, -0.25) is 0 Å². The van der Waals surface area contributed by atoms with Crippen molar-refractivity contribution < 1.29 is 9.84 Å². The number of aromatic nitrogens is 2. The summed E-state index contributed by atoms with van der Waals surface area (Å²) in [6, 6.07) is 16.7. The summed E-state index contributed by atoms with van der Waals surface area (Å²) in [5.41, 5.74) is 4.14. The van der Waals surface area contributed by atoms with Crippen LogP contribution in [0.5, 0.6) is 5.75 Å². The molecule has 1 saturated carbocycles. The summed E-state index contributed by atoms with van der Waals surface area (Å²) in [6.45, 7) is 1.91. The zero-order valence-electron chi connectivity index (χ0n) is 19.8. The first-order chi connectivity index (χ1) is 16.1. The predicted octanol–water partition coefficient (Wildman–Crippen LogP) is 5.07. The van der Waals surface area contributed by atoms with Gasteiger partial charge in [0.25, 0.3) is 0 Å². The van der Waals surface area contributed by atoms with Crippen molar-refractivity contribution in [2.45, 2.75) is 44.1 Å². The molecule has 5 nitrogen and oxygen atoms in total. The highest BCUT2D eigenvalue weighted by Gasteiger charge is 2.46. The van der Waals surface area contributed by atoms with Gasteiger partial charge < -0.3 is 19.7 Å². The Kier molecular flexibility index (Phi) is 6.26. The van der Waals surface area contributed by atoms with Gasteiger partial charge in [0.05, 0.1) is 18.2 Å². The highest BCUT2D eigenvalue weighted by atomic mass is 16.5. The summed E-state index contributed by atoms with van der Waals surface area (Å²) in [5, 5.41) is 11.5. The topological polar surface area (TPSA) is 61.4 Å². The summed E-state index contributed by atoms with van der Waals surface area (Å²) in [6.07, 6.45) is 8.35. The number of fused-ring (bicyclic) bond motifs is 3. The van der Waals surface area contributed by atoms with E-state index in [-0.39, 0.29) is 5.92 Å². The molecule has 0 amide bonds. The second kappa shape index (κ2) is 9.32. The number of ether oxygens (including phenoxy) is 1. The largest absolute Gasteiger partial charge is 0.494 e. The van der Waals surface area contributed by atoms with E-state index in [1.807, 2.05) is 18.2 Å². The molecule has 3 aromatic rings. The Labute approximate surface area is 196 Å². The van der Waals surface area contributed by atoms with Gasteiger partial charge in [0.1, 0.15) is 17.1 Å². The number of aromatic amines is 1. The molecule has 0 saturated heterocycles. The highest BCUT2D eigenvalue weighted by Crippen LogP contribution is 2.51. The van der Waals surface area contributed by atoms with Crippen LogP contribution in [0.25, 0.3) is 16.6 Å². The van der Waals surface area contributed by atoms with Crippen molar-refractivity contribution in [3.05, 3.63) is 66.0 Å². The number of rotatable bonds is 9. The van der Waals surface area contributed by atoms with Gasteiger partial charge in [-0.1, -0.05) is 42.5 Å². The molecule has 0 aliphatic heterocycles. The van der Waals surface area contributed by atoms with Crippen LogP contribution in [0.15, 0.2) is 54.6 Å². The maximum absolute atomic E-state index is 11.5. The van der Waals surface area contributed by atoms with Crippen LogP contribution in [0.1, 0.15) is 43.5 Å². The van der Waals surface area contributed by atoms with Gasteiger partial charge in [-0.05, 0) is 74.9 Å². The fourth-order valence-corrected chi connectivity index (χ4v) is 5.79. The molecule has 3 aliphatic rings. The lowest BCUT2D eigenvalue weighted by Crippen LogP contribution is -2.48. The Morgan fingerprint density at radius 2 is 1.97 bits per heavy atom. The maximum Gasteiger partial charge on any atom is 0.146 e. The van der Waals surface area contributed by atoms with Crippen molar-refractivity contribution in [1.82, 2.24) is 14.9 Å². The normalized spacial score (nSPS) is 24.4. The van der Waals surface area contributed by atoms with E-state index in [0.29, 0.717) is 5.92 Å². The van der Waals surface area contributed by atoms with Crippen LogP contribution in [-0.2, 0) is 6.42 Å². The molecule has 3 aliphatic carbocycles. The van der Waals surface area contributed by atoms with Gasteiger partial charge in [-0.2, -0.15) is 0 Å². The first-order valence-electron chi connectivity index (χ1n) is 12.3. The van der Waals surface area contributed by atoms with E-state index in [4.69, 9.17) is 9.72 Å². The molecule has 0 spiro atoms. The average molecular weight is 446 g/mol. The Bertz CT molecular complexity index is 1120. The summed E-state index contributed by atoms with van der Waals surface area (Å²) in [7, 11) is 3.85. The van der Waals surface area contributed by atoms with Crippen molar-refractivity contribution in [2.24, 2.45) is 11.8 Å². The van der Waals surface area contributed by atoms with E-state index in [1.54, 1.807) is 7.11 Å². The molecule has 6 rings (SSSR count). The lowest BCUT2D eigenvalue weighted by Gasteiger charge is -2.48. The minimum Gasteiger partial charge on any atom is -0.494 e. The molecule has 1 aromatic heterocycles. The number of aliphatic hydroxyl groups is 1. The van der Waals surface area contributed by atoms with Crippen molar-refractivity contribution in [2.75, 3.05) is 27.2 Å². The van der Waals surface area contributed by atoms with Crippen molar-refractivity contribution >= 4 is 16.6 Å². The molecule has 2 N–H and O–H groups in total. The van der Waals surface area contributed by atoms with E-state index in [9.17, 15) is 5.11 Å². The van der Waals surface area contributed by atoms with E-state index < -0.39 is 5.60 Å². The van der Waals surface area contributed by atoms with Crippen LogP contribution in [-0.4, -0.2) is 52.8 Å². The molecule has 174 valence electrons. The Morgan fingerprint density at radius 1 is 1.12 bits per heavy atom. The number of benzene rings is 2. The van der Waals surface area contributed by atoms with Gasteiger partial charge in [0, 0.05) is 18.9 Å². The third-order valence-electron chi connectivity index (χ3n) is 7.67. The molecule has 3 atom stereocenters. The molecule has 0 radical (unpaired) electrons. The fraction of sp³-hybridized carbons (Fsp3) is 0.464. The van der Waals surface area contributed by atoms with Gasteiger partial charge in [0.15, 0.2) is 0 Å². The molecule has 1 heterocycles. The predicted molar refractivity (Wildman–Crippen MR) is 133 cm³/mol. The van der Waals surface area contributed by atoms with Gasteiger partial charge >= 0.3 is 0 Å². The summed E-state index contributed by atoms with van der Waals surface area (Å²) < 4.78 is 5.42. The van der Waals surface area contributed by atoms with Crippen LogP contribution < -0.4 is 4.74 Å². The first-order valence-corrected chi connectivity index (χ1v) is 12.3. The molecule has 2 aromatic carbocycles. The third kappa shape index (κ3) is 4.57. The van der Waals surface area contributed by atoms with E-state index in [1.165, 1.54) is 17.6 Å². The summed E-state index contributed by atoms with van der Waals surface area (Å²) >= 11 is 0. The van der Waals surface area contributed by atoms with Crippen molar-refractivity contribution in [1.29, 1.82) is 0 Å². The molecular weight excluding hydrogens is 410 g/mol. The Balaban J connectivity index is 1.13. The summed E-state index contributed by atoms with van der Waals surface area (Å²) in [4.78, 5) is 10.5. The Hall–Kier alpha value is -2.63. The number of H-pyrrole nitrogens is 1. The first kappa shape index (κ1) is 22.2. The van der Waals surface area contributed by atoms with Crippen LogP contribution in [0, 0.1) is 11.8 Å². The monoisotopic (exact) mass is 445 g/mol. The molecule has 0 unspecified atom stereocenters. The van der Waals surface area contributed by atoms with E-state index in [0.717, 1.165) is 67.8 Å². The second-order valence-electron chi connectivity index (χ2n) is 9.87. The lowest BCUT2D eigenvalue weighted by molar-refractivity contribution is -0.0574. The number of imidazole rings is 1. The van der Waals surface area contributed by atoms with Gasteiger partial charge in [-0.15, -0.1) is 0 Å². The van der Waals surface area contributed by atoms with E-state index >= 15 is 0 Å². The number of para-hydroxylation sites is 1. The SMILES string of the molecule is COc1cccc2[nH]c(CCCN(C)CC[C@@]3(O)C[C@@H]4CC[C@H]3C=C4c3ccccc3)nc12. The van der Waals surface area contributed by atoms with Crippen LogP contribution >= 0.6 is 0 Å². The zero-order valence-corrected chi connectivity index (χ0v) is 19.8. The number of nitrogens with one attached hydrogen (secondary N) is 1. The van der Waals surface area contributed by atoms with Crippen LogP contribution in [0.4, 0.5) is 0 Å². The molecular formula is C28H35N3O2. The third-order valence-corrected chi connectivity index (χ3v) is 7.67. The quantitative estimate of drug-likeness (QED) is 0.483. The molecule has 1 fully saturated rings. The number of allylic oxidation sites excluding steroid dienone is 1. The zero-order chi connectivity index (χ0) is 22.8. The number of nitrogens with zero attached hydrogens (tertiary/aromatic N) is 2. The molecule has 5 heteroatoms. The molecule has 2 bridgehead atoms. The van der Waals surface area contributed by atoms with Gasteiger partial charge in [-0.25, -0.2) is 4.98 Å². The number of hydrogen-bond donors (Lipinski definition) is 2. The number of methoxy groups -OCH3 is 1. The highest BCUT2D eigenvalue weighted by molar-refractivity contribution is 5.81. The van der Waals surface area contributed by atoms with Crippen LogP contribution in [0.3, 0.4) is 0 Å². The van der Waals surface area contributed by atoms with Crippen LogP contribution in [0.2, 0.25) is 0 Å². The average Bonchev–Trinajstić information content (AvgIpc) is 3.27. The van der Waals surface area contributed by atoms with Crippen molar-refractivity contribution in [3.8, 4) is 5.75 Å². The maximum atomic E-state index is 11.5. The van der Waals surface area contributed by atoms with E-state index in [2.05, 4.69) is 53.3 Å². The smallest absolute Gasteiger partial charge is 0.146 e. The van der Waals surface area contributed by atoms with Gasteiger partial charge in [0.2, 0.25) is 0 Å². The number of hydrogen-bond acceptors (Lipinski definition) is 4. The minimum atomic E-state index is -0.565. The fourth-order valence-electron chi connectivity index (χ4n) is 5.79. The minimum absolute atomic E-state index is 0.275. The Morgan fingerprint density at radius 3 is 2.73 bits per heavy atom. The number of aryl methyl sites for hydroxylation is 1.